The highest BCUT2D eigenvalue weighted by atomic mass is 79.9. The number of piperidine rings is 1. The lowest BCUT2D eigenvalue weighted by molar-refractivity contribution is 0.315. The SMILES string of the molecule is CC1CC(Br)CNC1N. The first kappa shape index (κ1) is 7.51. The van der Waals surface area contributed by atoms with Crippen LogP contribution in [0.2, 0.25) is 0 Å². The van der Waals surface area contributed by atoms with Gasteiger partial charge in [-0.25, -0.2) is 0 Å². The summed E-state index contributed by atoms with van der Waals surface area (Å²) in [4.78, 5) is 0.618. The molecule has 0 aliphatic carbocycles. The van der Waals surface area contributed by atoms with Crippen molar-refractivity contribution in [1.29, 1.82) is 0 Å². The van der Waals surface area contributed by atoms with E-state index in [1.807, 2.05) is 0 Å². The van der Waals surface area contributed by atoms with Crippen molar-refractivity contribution in [3.8, 4) is 0 Å². The monoisotopic (exact) mass is 192 g/mol. The fourth-order valence-corrected chi connectivity index (χ4v) is 1.88. The van der Waals surface area contributed by atoms with Gasteiger partial charge in [0.25, 0.3) is 0 Å². The molecule has 0 radical (unpaired) electrons. The molecule has 0 aromatic rings. The average Bonchev–Trinajstić information content (AvgIpc) is 1.80. The molecule has 1 rings (SSSR count). The second kappa shape index (κ2) is 2.99. The first-order valence-corrected chi connectivity index (χ1v) is 4.24. The van der Waals surface area contributed by atoms with E-state index in [2.05, 4.69) is 28.2 Å². The summed E-state index contributed by atoms with van der Waals surface area (Å²) < 4.78 is 0. The summed E-state index contributed by atoms with van der Waals surface area (Å²) in [7, 11) is 0. The maximum absolute atomic E-state index is 5.71. The fourth-order valence-electron chi connectivity index (χ4n) is 1.10. The summed E-state index contributed by atoms with van der Waals surface area (Å²) >= 11 is 3.54. The van der Waals surface area contributed by atoms with Crippen LogP contribution in [0.15, 0.2) is 0 Å². The molecule has 1 aliphatic rings. The van der Waals surface area contributed by atoms with Crippen molar-refractivity contribution < 1.29 is 0 Å². The van der Waals surface area contributed by atoms with Gasteiger partial charge in [-0.3, -0.25) is 0 Å². The zero-order valence-corrected chi connectivity index (χ0v) is 7.19. The van der Waals surface area contributed by atoms with Crippen LogP contribution in [0.3, 0.4) is 0 Å². The van der Waals surface area contributed by atoms with Gasteiger partial charge in [0.1, 0.15) is 0 Å². The van der Waals surface area contributed by atoms with E-state index in [9.17, 15) is 0 Å². The van der Waals surface area contributed by atoms with E-state index in [4.69, 9.17) is 5.73 Å². The molecule has 0 amide bonds. The van der Waals surface area contributed by atoms with E-state index >= 15 is 0 Å². The third-order valence-corrected chi connectivity index (χ3v) is 2.51. The van der Waals surface area contributed by atoms with E-state index < -0.39 is 0 Å². The zero-order valence-electron chi connectivity index (χ0n) is 5.60. The van der Waals surface area contributed by atoms with E-state index in [1.165, 1.54) is 6.42 Å². The van der Waals surface area contributed by atoms with Gasteiger partial charge in [-0.15, -0.1) is 0 Å². The largest absolute Gasteiger partial charge is 0.316 e. The summed E-state index contributed by atoms with van der Waals surface area (Å²) in [5, 5.41) is 3.21. The Morgan fingerprint density at radius 2 is 2.33 bits per heavy atom. The van der Waals surface area contributed by atoms with Gasteiger partial charge in [-0.2, -0.15) is 0 Å². The quantitative estimate of drug-likeness (QED) is 0.554. The van der Waals surface area contributed by atoms with Crippen LogP contribution >= 0.6 is 15.9 Å². The van der Waals surface area contributed by atoms with Crippen LogP contribution in [-0.2, 0) is 0 Å². The molecule has 3 unspecified atom stereocenters. The Morgan fingerprint density at radius 3 is 2.78 bits per heavy atom. The highest BCUT2D eigenvalue weighted by Gasteiger charge is 2.21. The van der Waals surface area contributed by atoms with Crippen molar-refractivity contribution in [2.24, 2.45) is 11.7 Å². The Hall–Kier alpha value is 0.400. The van der Waals surface area contributed by atoms with Crippen molar-refractivity contribution in [1.82, 2.24) is 5.32 Å². The molecule has 0 aromatic heterocycles. The number of rotatable bonds is 0. The van der Waals surface area contributed by atoms with Crippen LogP contribution in [-0.4, -0.2) is 17.5 Å². The van der Waals surface area contributed by atoms with Gasteiger partial charge in [0.15, 0.2) is 0 Å². The summed E-state index contributed by atoms with van der Waals surface area (Å²) in [6.45, 7) is 3.18. The lowest BCUT2D eigenvalue weighted by Gasteiger charge is -2.29. The van der Waals surface area contributed by atoms with Crippen molar-refractivity contribution in [3.63, 3.8) is 0 Å². The molecule has 3 atom stereocenters. The molecule has 3 N–H and O–H groups in total. The molecule has 0 aromatic carbocycles. The minimum absolute atomic E-state index is 0.207. The van der Waals surface area contributed by atoms with Crippen molar-refractivity contribution in [2.75, 3.05) is 6.54 Å². The van der Waals surface area contributed by atoms with Crippen LogP contribution in [0.4, 0.5) is 0 Å². The smallest absolute Gasteiger partial charge is 0.0573 e. The third kappa shape index (κ3) is 1.92. The molecule has 54 valence electrons. The minimum atomic E-state index is 0.207. The van der Waals surface area contributed by atoms with Gasteiger partial charge in [0.2, 0.25) is 0 Å². The molecule has 1 saturated heterocycles. The van der Waals surface area contributed by atoms with E-state index in [-0.39, 0.29) is 6.17 Å². The lowest BCUT2D eigenvalue weighted by atomic mass is 9.99. The Kier molecular flexibility index (Phi) is 2.50. The van der Waals surface area contributed by atoms with Gasteiger partial charge in [-0.05, 0) is 12.3 Å². The molecule has 1 aliphatic heterocycles. The van der Waals surface area contributed by atoms with Crippen LogP contribution < -0.4 is 11.1 Å². The van der Waals surface area contributed by atoms with Gasteiger partial charge >= 0.3 is 0 Å². The van der Waals surface area contributed by atoms with Crippen LogP contribution in [0.1, 0.15) is 13.3 Å². The molecule has 1 heterocycles. The standard InChI is InChI=1S/C6H13BrN2/c1-4-2-5(7)3-9-6(4)8/h4-6,9H,2-3,8H2,1H3. The predicted octanol–water partition coefficient (Wildman–Crippen LogP) is 0.664. The zero-order chi connectivity index (χ0) is 6.85. The fraction of sp³-hybridized carbons (Fsp3) is 1.00. The number of nitrogens with two attached hydrogens (primary N) is 1. The molecular formula is C6H13BrN2. The van der Waals surface area contributed by atoms with E-state index in [1.54, 1.807) is 0 Å². The highest BCUT2D eigenvalue weighted by Crippen LogP contribution is 2.18. The Bertz CT molecular complexity index is 97.1. The van der Waals surface area contributed by atoms with Gasteiger partial charge in [-0.1, -0.05) is 22.9 Å². The number of halogens is 1. The maximum atomic E-state index is 5.71. The predicted molar refractivity (Wildman–Crippen MR) is 42.5 cm³/mol. The topological polar surface area (TPSA) is 38.0 Å². The summed E-state index contributed by atoms with van der Waals surface area (Å²) in [6.07, 6.45) is 1.40. The van der Waals surface area contributed by atoms with Crippen molar-refractivity contribution in [3.05, 3.63) is 0 Å². The number of hydrogen-bond acceptors (Lipinski definition) is 2. The van der Waals surface area contributed by atoms with Crippen LogP contribution in [0.5, 0.6) is 0 Å². The molecule has 1 fully saturated rings. The molecular weight excluding hydrogens is 180 g/mol. The molecule has 9 heavy (non-hydrogen) atoms. The minimum Gasteiger partial charge on any atom is -0.316 e. The van der Waals surface area contributed by atoms with Crippen molar-refractivity contribution in [2.45, 2.75) is 24.3 Å². The maximum Gasteiger partial charge on any atom is 0.0573 e. The summed E-state index contributed by atoms with van der Waals surface area (Å²) in [5.41, 5.74) is 5.71. The summed E-state index contributed by atoms with van der Waals surface area (Å²) in [6, 6.07) is 0. The molecule has 0 bridgehead atoms. The second-order valence-electron chi connectivity index (χ2n) is 2.74. The Balaban J connectivity index is 2.35. The number of hydrogen-bond donors (Lipinski definition) is 2. The molecule has 0 saturated carbocycles. The third-order valence-electron chi connectivity index (χ3n) is 1.82. The van der Waals surface area contributed by atoms with E-state index in [0.717, 1.165) is 6.54 Å². The first-order valence-electron chi connectivity index (χ1n) is 3.33. The summed E-state index contributed by atoms with van der Waals surface area (Å²) in [5.74, 6) is 0.600. The number of alkyl halides is 1. The van der Waals surface area contributed by atoms with Crippen LogP contribution in [0.25, 0.3) is 0 Å². The normalized spacial score (nSPS) is 45.0. The Labute approximate surface area is 64.3 Å². The first-order chi connectivity index (χ1) is 4.20. The van der Waals surface area contributed by atoms with Gasteiger partial charge in [0, 0.05) is 11.4 Å². The van der Waals surface area contributed by atoms with Gasteiger partial charge in [0.05, 0.1) is 6.17 Å². The van der Waals surface area contributed by atoms with Crippen molar-refractivity contribution >= 4 is 15.9 Å². The molecule has 2 nitrogen and oxygen atoms in total. The van der Waals surface area contributed by atoms with E-state index in [0.29, 0.717) is 10.7 Å². The average molecular weight is 193 g/mol. The second-order valence-corrected chi connectivity index (χ2v) is 4.04. The molecule has 3 heteroatoms. The molecule has 0 spiro atoms. The van der Waals surface area contributed by atoms with Crippen LogP contribution in [0, 0.1) is 5.92 Å². The lowest BCUT2D eigenvalue weighted by Crippen LogP contribution is -2.50. The van der Waals surface area contributed by atoms with Gasteiger partial charge < -0.3 is 11.1 Å². The Morgan fingerprint density at radius 1 is 1.67 bits per heavy atom. The number of nitrogens with one attached hydrogen (secondary N) is 1. The highest BCUT2D eigenvalue weighted by molar-refractivity contribution is 9.09.